The molecule has 2 atom stereocenters. The van der Waals surface area contributed by atoms with Gasteiger partial charge in [0.1, 0.15) is 6.04 Å². The van der Waals surface area contributed by atoms with E-state index in [4.69, 9.17) is 4.74 Å². The number of ether oxygens (including phenoxy) is 1. The molecule has 0 aliphatic carbocycles. The molecule has 1 fully saturated rings. The highest BCUT2D eigenvalue weighted by molar-refractivity contribution is 5.84. The monoisotopic (exact) mass is 284 g/mol. The average Bonchev–Trinajstić information content (AvgIpc) is 2.48. The first-order chi connectivity index (χ1) is 9.63. The number of hydrogen-bond donors (Lipinski definition) is 1. The van der Waals surface area contributed by atoms with Crippen molar-refractivity contribution < 1.29 is 14.3 Å². The van der Waals surface area contributed by atoms with Crippen molar-refractivity contribution in [2.24, 2.45) is 0 Å². The predicted molar refractivity (Wildman–Crippen MR) is 78.4 cm³/mol. The third-order valence-corrected chi connectivity index (χ3v) is 3.84. The first kappa shape index (κ1) is 17.0. The van der Waals surface area contributed by atoms with Crippen molar-refractivity contribution in [2.45, 2.75) is 65.0 Å². The molecular weight excluding hydrogens is 256 g/mol. The number of piperidine rings is 1. The molecule has 116 valence electrons. The van der Waals surface area contributed by atoms with Crippen LogP contribution >= 0.6 is 0 Å². The molecule has 1 aliphatic heterocycles. The molecule has 0 radical (unpaired) electrons. The summed E-state index contributed by atoms with van der Waals surface area (Å²) < 4.78 is 5.14. The van der Waals surface area contributed by atoms with Crippen LogP contribution in [0, 0.1) is 0 Å². The number of amides is 1. The van der Waals surface area contributed by atoms with Crippen LogP contribution in [-0.4, -0.2) is 48.6 Å². The van der Waals surface area contributed by atoms with E-state index in [1.807, 2.05) is 0 Å². The molecule has 0 spiro atoms. The Hall–Kier alpha value is -1.10. The summed E-state index contributed by atoms with van der Waals surface area (Å²) in [5.74, 6) is -0.412. The summed E-state index contributed by atoms with van der Waals surface area (Å²) in [4.78, 5) is 26.2. The summed E-state index contributed by atoms with van der Waals surface area (Å²) >= 11 is 0. The number of carbonyl (C=O) groups is 2. The second kappa shape index (κ2) is 8.95. The Morgan fingerprint density at radius 2 is 1.80 bits per heavy atom. The van der Waals surface area contributed by atoms with Crippen molar-refractivity contribution >= 4 is 11.9 Å². The molecule has 0 saturated carbocycles. The van der Waals surface area contributed by atoms with Gasteiger partial charge >= 0.3 is 5.97 Å². The van der Waals surface area contributed by atoms with E-state index in [1.165, 1.54) is 6.42 Å². The van der Waals surface area contributed by atoms with Crippen molar-refractivity contribution in [2.75, 3.05) is 19.7 Å². The maximum atomic E-state index is 12.2. The van der Waals surface area contributed by atoms with Crippen molar-refractivity contribution in [1.82, 2.24) is 10.2 Å². The fraction of sp³-hybridized carbons (Fsp3) is 0.867. The predicted octanol–water partition coefficient (Wildman–Crippen LogP) is 1.71. The Morgan fingerprint density at radius 1 is 1.15 bits per heavy atom. The van der Waals surface area contributed by atoms with Crippen molar-refractivity contribution in [3.8, 4) is 0 Å². The van der Waals surface area contributed by atoms with Gasteiger partial charge in [-0.05, 0) is 39.3 Å². The van der Waals surface area contributed by atoms with E-state index < -0.39 is 6.04 Å². The largest absolute Gasteiger partial charge is 0.464 e. The lowest BCUT2D eigenvalue weighted by atomic mass is 10.00. The van der Waals surface area contributed by atoms with Crippen LogP contribution in [0.5, 0.6) is 0 Å². The zero-order chi connectivity index (χ0) is 15.0. The number of likely N-dealkylation sites (tertiary alicyclic amines) is 1. The normalized spacial score (nSPS) is 19.1. The van der Waals surface area contributed by atoms with E-state index in [9.17, 15) is 9.59 Å². The Bertz CT molecular complexity index is 314. The number of esters is 1. The molecule has 5 heteroatoms. The van der Waals surface area contributed by atoms with Gasteiger partial charge in [0.2, 0.25) is 5.91 Å². The van der Waals surface area contributed by atoms with Gasteiger partial charge in [0.15, 0.2) is 0 Å². The van der Waals surface area contributed by atoms with Crippen molar-refractivity contribution in [1.29, 1.82) is 0 Å². The van der Waals surface area contributed by atoms with Crippen LogP contribution in [0.25, 0.3) is 0 Å². The fourth-order valence-electron chi connectivity index (χ4n) is 2.77. The quantitative estimate of drug-likeness (QED) is 0.723. The van der Waals surface area contributed by atoms with Crippen LogP contribution < -0.4 is 5.32 Å². The molecule has 1 aliphatic rings. The summed E-state index contributed by atoms with van der Waals surface area (Å²) in [6.07, 6.45) is 4.78. The Kier molecular flexibility index (Phi) is 7.59. The molecule has 0 aromatic rings. The molecule has 1 rings (SSSR count). The molecule has 1 N–H and O–H groups in total. The average molecular weight is 284 g/mol. The van der Waals surface area contributed by atoms with Gasteiger partial charge in [-0.25, -0.2) is 4.79 Å². The second-order valence-electron chi connectivity index (χ2n) is 5.22. The van der Waals surface area contributed by atoms with Crippen LogP contribution in [-0.2, 0) is 14.3 Å². The fourth-order valence-corrected chi connectivity index (χ4v) is 2.77. The van der Waals surface area contributed by atoms with E-state index in [0.29, 0.717) is 13.0 Å². The molecule has 1 amide bonds. The topological polar surface area (TPSA) is 58.6 Å². The first-order valence-electron chi connectivity index (χ1n) is 7.84. The van der Waals surface area contributed by atoms with Crippen LogP contribution in [0.3, 0.4) is 0 Å². The number of nitrogens with zero attached hydrogens (tertiary/aromatic N) is 1. The van der Waals surface area contributed by atoms with E-state index in [0.717, 1.165) is 32.4 Å². The van der Waals surface area contributed by atoms with Crippen LogP contribution in [0.2, 0.25) is 0 Å². The summed E-state index contributed by atoms with van der Waals surface area (Å²) in [6.45, 7) is 7.97. The van der Waals surface area contributed by atoms with Gasteiger partial charge in [0.25, 0.3) is 0 Å². The highest BCUT2D eigenvalue weighted by Gasteiger charge is 2.34. The smallest absolute Gasteiger partial charge is 0.330 e. The lowest BCUT2D eigenvalue weighted by Gasteiger charge is -2.37. The molecule has 1 saturated heterocycles. The van der Waals surface area contributed by atoms with Crippen LogP contribution in [0.15, 0.2) is 0 Å². The summed E-state index contributed by atoms with van der Waals surface area (Å²) in [7, 11) is 0. The molecule has 20 heavy (non-hydrogen) atoms. The summed E-state index contributed by atoms with van der Waals surface area (Å²) in [5, 5.41) is 2.84. The SMILES string of the molecule is CCOC(=O)C(NC(=O)CC)C(CC)N1CCCCC1. The summed E-state index contributed by atoms with van der Waals surface area (Å²) in [5.41, 5.74) is 0. The third kappa shape index (κ3) is 4.78. The van der Waals surface area contributed by atoms with E-state index in [2.05, 4.69) is 17.1 Å². The van der Waals surface area contributed by atoms with Crippen LogP contribution in [0.4, 0.5) is 0 Å². The number of hydrogen-bond acceptors (Lipinski definition) is 4. The Morgan fingerprint density at radius 3 is 2.30 bits per heavy atom. The maximum Gasteiger partial charge on any atom is 0.330 e. The Labute approximate surface area is 122 Å². The minimum absolute atomic E-state index is 0.0323. The minimum Gasteiger partial charge on any atom is -0.464 e. The summed E-state index contributed by atoms with van der Waals surface area (Å²) in [6, 6.07) is -0.518. The number of rotatable bonds is 7. The zero-order valence-corrected chi connectivity index (χ0v) is 13.0. The number of carbonyl (C=O) groups excluding carboxylic acids is 2. The molecule has 0 bridgehead atoms. The van der Waals surface area contributed by atoms with E-state index in [1.54, 1.807) is 13.8 Å². The number of nitrogens with one attached hydrogen (secondary N) is 1. The van der Waals surface area contributed by atoms with Gasteiger partial charge in [-0.1, -0.05) is 20.3 Å². The molecule has 5 nitrogen and oxygen atoms in total. The standard InChI is InChI=1S/C15H28N2O3/c1-4-12(17-10-8-7-9-11-17)14(15(19)20-6-3)16-13(18)5-2/h12,14H,4-11H2,1-3H3,(H,16,18). The van der Waals surface area contributed by atoms with E-state index >= 15 is 0 Å². The molecule has 0 aromatic heterocycles. The zero-order valence-electron chi connectivity index (χ0n) is 13.0. The molecule has 0 aromatic carbocycles. The highest BCUT2D eigenvalue weighted by Crippen LogP contribution is 2.17. The van der Waals surface area contributed by atoms with Crippen molar-refractivity contribution in [3.63, 3.8) is 0 Å². The van der Waals surface area contributed by atoms with Gasteiger partial charge in [0, 0.05) is 12.5 Å². The maximum absolute atomic E-state index is 12.2. The van der Waals surface area contributed by atoms with Gasteiger partial charge in [0.05, 0.1) is 6.61 Å². The molecule has 1 heterocycles. The van der Waals surface area contributed by atoms with Gasteiger partial charge < -0.3 is 10.1 Å². The van der Waals surface area contributed by atoms with Crippen molar-refractivity contribution in [3.05, 3.63) is 0 Å². The van der Waals surface area contributed by atoms with E-state index in [-0.39, 0.29) is 17.9 Å². The minimum atomic E-state index is -0.550. The first-order valence-corrected chi connectivity index (χ1v) is 7.84. The lowest BCUT2D eigenvalue weighted by Crippen LogP contribution is -2.56. The highest BCUT2D eigenvalue weighted by atomic mass is 16.5. The second-order valence-corrected chi connectivity index (χ2v) is 5.22. The van der Waals surface area contributed by atoms with Gasteiger partial charge in [-0.2, -0.15) is 0 Å². The molecular formula is C15H28N2O3. The molecule has 2 unspecified atom stereocenters. The van der Waals surface area contributed by atoms with Crippen LogP contribution in [0.1, 0.15) is 52.9 Å². The third-order valence-electron chi connectivity index (χ3n) is 3.84. The lowest BCUT2D eigenvalue weighted by molar-refractivity contribution is -0.149. The van der Waals surface area contributed by atoms with Gasteiger partial charge in [-0.15, -0.1) is 0 Å². The Balaban J connectivity index is 2.80. The van der Waals surface area contributed by atoms with Gasteiger partial charge in [-0.3, -0.25) is 9.69 Å².